The lowest BCUT2D eigenvalue weighted by Gasteiger charge is -2.31. The summed E-state index contributed by atoms with van der Waals surface area (Å²) in [6.07, 6.45) is 7.63. The van der Waals surface area contributed by atoms with Crippen LogP contribution in [-0.2, 0) is 4.79 Å². The van der Waals surface area contributed by atoms with Gasteiger partial charge >= 0.3 is 5.97 Å². The normalized spacial score (nSPS) is 20.5. The second-order valence-electron chi connectivity index (χ2n) is 6.77. The summed E-state index contributed by atoms with van der Waals surface area (Å²) in [6.45, 7) is 3.48. The highest BCUT2D eigenvalue weighted by atomic mass is 16.4. The maximum atomic E-state index is 11.1. The molecule has 0 spiro atoms. The van der Waals surface area contributed by atoms with E-state index in [0.29, 0.717) is 24.8 Å². The number of rotatable bonds is 4. The summed E-state index contributed by atoms with van der Waals surface area (Å²) < 4.78 is 0. The molecule has 6 nitrogen and oxygen atoms in total. The number of aromatic nitrogens is 2. The molecule has 2 aliphatic rings. The van der Waals surface area contributed by atoms with Crippen LogP contribution in [-0.4, -0.2) is 40.2 Å². The van der Waals surface area contributed by atoms with Gasteiger partial charge in [-0.2, -0.15) is 4.98 Å². The molecule has 2 fully saturated rings. The van der Waals surface area contributed by atoms with Crippen molar-refractivity contribution in [1.29, 1.82) is 0 Å². The molecule has 1 aliphatic heterocycles. The van der Waals surface area contributed by atoms with Gasteiger partial charge in [0.05, 0.1) is 5.92 Å². The van der Waals surface area contributed by atoms with E-state index in [2.05, 4.69) is 20.2 Å². The maximum Gasteiger partial charge on any atom is 0.306 e. The Labute approximate surface area is 137 Å². The van der Waals surface area contributed by atoms with E-state index in [9.17, 15) is 4.79 Å². The minimum atomic E-state index is -0.678. The molecule has 2 heterocycles. The smallest absolute Gasteiger partial charge is 0.306 e. The van der Waals surface area contributed by atoms with Gasteiger partial charge in [0.2, 0.25) is 5.95 Å². The first-order valence-electron chi connectivity index (χ1n) is 8.72. The van der Waals surface area contributed by atoms with E-state index in [-0.39, 0.29) is 5.92 Å². The van der Waals surface area contributed by atoms with Gasteiger partial charge in [0.15, 0.2) is 0 Å². The first-order chi connectivity index (χ1) is 11.1. The zero-order valence-corrected chi connectivity index (χ0v) is 13.8. The van der Waals surface area contributed by atoms with E-state index < -0.39 is 5.97 Å². The average molecular weight is 318 g/mol. The number of hydrogen-bond donors (Lipinski definition) is 2. The molecule has 6 heteroatoms. The lowest BCUT2D eigenvalue weighted by atomic mass is 9.96. The third-order valence-corrected chi connectivity index (χ3v) is 4.95. The van der Waals surface area contributed by atoms with Crippen molar-refractivity contribution in [3.63, 3.8) is 0 Å². The highest BCUT2D eigenvalue weighted by molar-refractivity contribution is 5.70. The van der Waals surface area contributed by atoms with E-state index in [1.807, 2.05) is 13.0 Å². The quantitative estimate of drug-likeness (QED) is 0.889. The van der Waals surface area contributed by atoms with Crippen molar-refractivity contribution in [2.24, 2.45) is 5.92 Å². The first kappa shape index (κ1) is 16.0. The van der Waals surface area contributed by atoms with Gasteiger partial charge in [0.1, 0.15) is 5.82 Å². The predicted molar refractivity (Wildman–Crippen MR) is 89.8 cm³/mol. The van der Waals surface area contributed by atoms with Gasteiger partial charge in [0, 0.05) is 30.9 Å². The van der Waals surface area contributed by atoms with Crippen LogP contribution in [0.5, 0.6) is 0 Å². The molecule has 1 saturated carbocycles. The molecule has 0 unspecified atom stereocenters. The summed E-state index contributed by atoms with van der Waals surface area (Å²) in [5.41, 5.74) is 0.952. The van der Waals surface area contributed by atoms with Crippen molar-refractivity contribution in [1.82, 2.24) is 9.97 Å². The summed E-state index contributed by atoms with van der Waals surface area (Å²) in [6, 6.07) is 2.48. The fraction of sp³-hybridized carbons (Fsp3) is 0.706. The summed E-state index contributed by atoms with van der Waals surface area (Å²) >= 11 is 0. The van der Waals surface area contributed by atoms with Crippen LogP contribution in [0.4, 0.5) is 11.8 Å². The molecular weight excluding hydrogens is 292 g/mol. The van der Waals surface area contributed by atoms with Crippen molar-refractivity contribution in [2.75, 3.05) is 23.3 Å². The number of hydrogen-bond acceptors (Lipinski definition) is 5. The molecule has 1 saturated heterocycles. The van der Waals surface area contributed by atoms with Crippen LogP contribution in [0.1, 0.15) is 50.6 Å². The van der Waals surface area contributed by atoms with Gasteiger partial charge in [-0.15, -0.1) is 0 Å². The minimum Gasteiger partial charge on any atom is -0.481 e. The molecule has 23 heavy (non-hydrogen) atoms. The number of nitrogens with zero attached hydrogens (tertiary/aromatic N) is 3. The number of nitrogens with one attached hydrogen (secondary N) is 1. The SMILES string of the molecule is Cc1cc(N2CCC(C(=O)O)CC2)nc(NC2CCCCC2)n1. The molecule has 0 radical (unpaired) electrons. The van der Waals surface area contributed by atoms with Crippen molar-refractivity contribution < 1.29 is 9.90 Å². The lowest BCUT2D eigenvalue weighted by Crippen LogP contribution is -2.37. The summed E-state index contributed by atoms with van der Waals surface area (Å²) in [5.74, 6) is 0.740. The highest BCUT2D eigenvalue weighted by Crippen LogP contribution is 2.25. The lowest BCUT2D eigenvalue weighted by molar-refractivity contribution is -0.142. The number of aryl methyl sites for hydroxylation is 1. The molecule has 0 amide bonds. The maximum absolute atomic E-state index is 11.1. The summed E-state index contributed by atoms with van der Waals surface area (Å²) in [4.78, 5) is 22.5. The Hall–Kier alpha value is -1.85. The Balaban J connectivity index is 1.66. The van der Waals surface area contributed by atoms with E-state index >= 15 is 0 Å². The Bertz CT molecular complexity index is 550. The van der Waals surface area contributed by atoms with Crippen LogP contribution in [0.3, 0.4) is 0 Å². The number of carboxylic acid groups (broad SMARTS) is 1. The number of carbonyl (C=O) groups is 1. The van der Waals surface area contributed by atoms with Crippen molar-refractivity contribution in [3.8, 4) is 0 Å². The Morgan fingerprint density at radius 1 is 1.17 bits per heavy atom. The van der Waals surface area contributed by atoms with Gasteiger partial charge in [-0.3, -0.25) is 4.79 Å². The molecule has 1 aliphatic carbocycles. The number of carboxylic acids is 1. The fourth-order valence-electron chi connectivity index (χ4n) is 3.56. The van der Waals surface area contributed by atoms with Gasteiger partial charge in [-0.25, -0.2) is 4.98 Å². The number of piperidine rings is 1. The van der Waals surface area contributed by atoms with E-state index in [0.717, 1.165) is 24.6 Å². The fourth-order valence-corrected chi connectivity index (χ4v) is 3.56. The van der Waals surface area contributed by atoms with E-state index in [1.165, 1.54) is 32.1 Å². The largest absolute Gasteiger partial charge is 0.481 e. The van der Waals surface area contributed by atoms with Crippen molar-refractivity contribution in [2.45, 2.75) is 57.9 Å². The molecular formula is C17H26N4O2. The third-order valence-electron chi connectivity index (χ3n) is 4.95. The molecule has 126 valence electrons. The van der Waals surface area contributed by atoms with Gasteiger partial charge in [-0.1, -0.05) is 19.3 Å². The average Bonchev–Trinajstić information content (AvgIpc) is 2.55. The van der Waals surface area contributed by atoms with Crippen LogP contribution in [0.25, 0.3) is 0 Å². The zero-order valence-electron chi connectivity index (χ0n) is 13.8. The number of aliphatic carboxylic acids is 1. The molecule has 1 aromatic rings. The highest BCUT2D eigenvalue weighted by Gasteiger charge is 2.25. The molecule has 0 aromatic carbocycles. The topological polar surface area (TPSA) is 78.4 Å². The van der Waals surface area contributed by atoms with Crippen LogP contribution in [0.2, 0.25) is 0 Å². The Kier molecular flexibility index (Phi) is 4.98. The Morgan fingerprint density at radius 2 is 1.87 bits per heavy atom. The van der Waals surface area contributed by atoms with E-state index in [1.54, 1.807) is 0 Å². The number of anilines is 2. The standard InChI is InChI=1S/C17H26N4O2/c1-12-11-15(21-9-7-13(8-10-21)16(22)23)20-17(18-12)19-14-5-3-2-4-6-14/h11,13-14H,2-10H2,1H3,(H,22,23)(H,18,19,20). The molecule has 3 rings (SSSR count). The Morgan fingerprint density at radius 3 is 2.52 bits per heavy atom. The van der Waals surface area contributed by atoms with Gasteiger partial charge in [-0.05, 0) is 32.6 Å². The monoisotopic (exact) mass is 318 g/mol. The summed E-state index contributed by atoms with van der Waals surface area (Å²) in [5, 5.41) is 12.6. The molecule has 2 N–H and O–H groups in total. The minimum absolute atomic E-state index is 0.214. The van der Waals surface area contributed by atoms with Gasteiger partial charge < -0.3 is 15.3 Å². The molecule has 1 aromatic heterocycles. The van der Waals surface area contributed by atoms with Gasteiger partial charge in [0.25, 0.3) is 0 Å². The van der Waals surface area contributed by atoms with E-state index in [4.69, 9.17) is 5.11 Å². The molecule has 0 atom stereocenters. The second-order valence-corrected chi connectivity index (χ2v) is 6.77. The van der Waals surface area contributed by atoms with Crippen LogP contribution in [0, 0.1) is 12.8 Å². The van der Waals surface area contributed by atoms with Crippen molar-refractivity contribution in [3.05, 3.63) is 11.8 Å². The third kappa shape index (κ3) is 4.12. The van der Waals surface area contributed by atoms with Crippen molar-refractivity contribution >= 4 is 17.7 Å². The zero-order chi connectivity index (χ0) is 16.2. The predicted octanol–water partition coefficient (Wildman–Crippen LogP) is 2.83. The first-order valence-corrected chi connectivity index (χ1v) is 8.72. The van der Waals surface area contributed by atoms with Crippen LogP contribution < -0.4 is 10.2 Å². The second kappa shape index (κ2) is 7.15. The van der Waals surface area contributed by atoms with Crippen LogP contribution >= 0.6 is 0 Å². The summed E-state index contributed by atoms with van der Waals surface area (Å²) in [7, 11) is 0. The molecule has 0 bridgehead atoms. The van der Waals surface area contributed by atoms with Crippen LogP contribution in [0.15, 0.2) is 6.07 Å².